The zero-order valence-electron chi connectivity index (χ0n) is 14.0. The van der Waals surface area contributed by atoms with E-state index in [0.717, 1.165) is 29.8 Å². The van der Waals surface area contributed by atoms with Crippen LogP contribution in [0, 0.1) is 0 Å². The van der Waals surface area contributed by atoms with Crippen LogP contribution < -0.4 is 10.1 Å². The molecule has 2 aromatic carbocycles. The summed E-state index contributed by atoms with van der Waals surface area (Å²) in [5, 5.41) is 2.91. The van der Waals surface area contributed by atoms with Gasteiger partial charge in [0.2, 0.25) is 0 Å². The molecule has 3 rings (SSSR count). The van der Waals surface area contributed by atoms with Crippen LogP contribution in [0.2, 0.25) is 0 Å². The minimum Gasteiger partial charge on any atom is -0.490 e. The van der Waals surface area contributed by atoms with Crippen LogP contribution in [0.3, 0.4) is 0 Å². The molecule has 0 aliphatic heterocycles. The molecule has 0 heterocycles. The van der Waals surface area contributed by atoms with E-state index < -0.39 is 0 Å². The maximum absolute atomic E-state index is 12.4. The predicted molar refractivity (Wildman–Crippen MR) is 94.4 cm³/mol. The van der Waals surface area contributed by atoms with Gasteiger partial charge in [0.05, 0.1) is 12.7 Å². The number of methoxy groups -OCH3 is 1. The number of amides is 1. The summed E-state index contributed by atoms with van der Waals surface area (Å²) in [4.78, 5) is 12.4. The summed E-state index contributed by atoms with van der Waals surface area (Å²) in [5.41, 5.74) is 2.36. The molecule has 2 aromatic rings. The van der Waals surface area contributed by atoms with Gasteiger partial charge in [-0.15, -0.1) is 0 Å². The van der Waals surface area contributed by atoms with Gasteiger partial charge in [-0.3, -0.25) is 4.79 Å². The van der Waals surface area contributed by atoms with Crippen molar-refractivity contribution in [2.45, 2.75) is 38.4 Å². The first-order valence-corrected chi connectivity index (χ1v) is 8.40. The van der Waals surface area contributed by atoms with Crippen molar-refractivity contribution in [3.63, 3.8) is 0 Å². The Morgan fingerprint density at radius 3 is 2.58 bits per heavy atom. The molecule has 126 valence electrons. The Morgan fingerprint density at radius 2 is 1.88 bits per heavy atom. The van der Waals surface area contributed by atoms with Gasteiger partial charge >= 0.3 is 0 Å². The Morgan fingerprint density at radius 1 is 1.12 bits per heavy atom. The Labute approximate surface area is 142 Å². The molecule has 0 bridgehead atoms. The minimum absolute atomic E-state index is 0.127. The van der Waals surface area contributed by atoms with Gasteiger partial charge in [0.25, 0.3) is 5.91 Å². The number of benzene rings is 2. The molecule has 4 heteroatoms. The van der Waals surface area contributed by atoms with Gasteiger partial charge < -0.3 is 14.8 Å². The number of carbonyl (C=O) groups is 1. The second-order valence-electron chi connectivity index (χ2n) is 6.14. The first-order chi connectivity index (χ1) is 11.7. The molecule has 1 N–H and O–H groups in total. The van der Waals surface area contributed by atoms with Gasteiger partial charge in [-0.05, 0) is 67.6 Å². The highest BCUT2D eigenvalue weighted by Gasteiger charge is 2.16. The lowest BCUT2D eigenvalue weighted by Crippen LogP contribution is -2.13. The van der Waals surface area contributed by atoms with Gasteiger partial charge in [-0.1, -0.05) is 12.1 Å². The fraction of sp³-hybridized carbons (Fsp3) is 0.350. The van der Waals surface area contributed by atoms with Crippen molar-refractivity contribution in [2.75, 3.05) is 12.4 Å². The average molecular weight is 325 g/mol. The molecule has 1 amide bonds. The van der Waals surface area contributed by atoms with Crippen LogP contribution in [-0.2, 0) is 11.3 Å². The zero-order chi connectivity index (χ0) is 16.8. The Balaban J connectivity index is 1.60. The molecule has 0 unspecified atom stereocenters. The minimum atomic E-state index is -0.127. The molecular formula is C20H23NO3. The molecule has 0 aromatic heterocycles. The Kier molecular flexibility index (Phi) is 5.49. The van der Waals surface area contributed by atoms with E-state index in [1.54, 1.807) is 13.2 Å². The lowest BCUT2D eigenvalue weighted by Gasteiger charge is -2.13. The third-order valence-corrected chi connectivity index (χ3v) is 4.22. The van der Waals surface area contributed by atoms with Crippen molar-refractivity contribution < 1.29 is 14.3 Å². The first-order valence-electron chi connectivity index (χ1n) is 8.40. The highest BCUT2D eigenvalue weighted by Crippen LogP contribution is 2.25. The summed E-state index contributed by atoms with van der Waals surface area (Å²) < 4.78 is 11.0. The van der Waals surface area contributed by atoms with Crippen molar-refractivity contribution in [3.8, 4) is 5.75 Å². The summed E-state index contributed by atoms with van der Waals surface area (Å²) >= 11 is 0. The van der Waals surface area contributed by atoms with Crippen LogP contribution in [0.4, 0.5) is 5.69 Å². The van der Waals surface area contributed by atoms with Crippen LogP contribution in [-0.4, -0.2) is 19.1 Å². The van der Waals surface area contributed by atoms with Crippen molar-refractivity contribution in [1.29, 1.82) is 0 Å². The smallest absolute Gasteiger partial charge is 0.255 e. The quantitative estimate of drug-likeness (QED) is 0.856. The van der Waals surface area contributed by atoms with Crippen molar-refractivity contribution in [3.05, 3.63) is 59.7 Å². The highest BCUT2D eigenvalue weighted by molar-refractivity contribution is 6.04. The second-order valence-corrected chi connectivity index (χ2v) is 6.14. The van der Waals surface area contributed by atoms with E-state index in [2.05, 4.69) is 5.32 Å². The molecule has 0 radical (unpaired) electrons. The van der Waals surface area contributed by atoms with Crippen molar-refractivity contribution in [1.82, 2.24) is 0 Å². The number of ether oxygens (including phenoxy) is 2. The second kappa shape index (κ2) is 7.97. The number of nitrogens with one attached hydrogen (secondary N) is 1. The third-order valence-electron chi connectivity index (χ3n) is 4.22. The van der Waals surface area contributed by atoms with Gasteiger partial charge in [0.1, 0.15) is 5.75 Å². The molecule has 24 heavy (non-hydrogen) atoms. The van der Waals surface area contributed by atoms with E-state index in [0.29, 0.717) is 18.3 Å². The molecule has 1 aliphatic carbocycles. The van der Waals surface area contributed by atoms with E-state index in [1.807, 2.05) is 42.5 Å². The van der Waals surface area contributed by atoms with Gasteiger partial charge in [-0.25, -0.2) is 0 Å². The maximum atomic E-state index is 12.4. The maximum Gasteiger partial charge on any atom is 0.255 e. The normalized spacial score (nSPS) is 14.5. The molecule has 0 spiro atoms. The number of hydrogen-bond acceptors (Lipinski definition) is 3. The lowest BCUT2D eigenvalue weighted by atomic mass is 10.1. The van der Waals surface area contributed by atoms with Crippen molar-refractivity contribution >= 4 is 11.6 Å². The molecule has 1 saturated carbocycles. The van der Waals surface area contributed by atoms with Gasteiger partial charge in [-0.2, -0.15) is 0 Å². The molecule has 0 saturated heterocycles. The van der Waals surface area contributed by atoms with E-state index in [-0.39, 0.29) is 5.91 Å². The number of carbonyl (C=O) groups excluding carboxylic acids is 1. The summed E-state index contributed by atoms with van der Waals surface area (Å²) in [6.07, 6.45) is 5.11. The van der Waals surface area contributed by atoms with E-state index in [4.69, 9.17) is 9.47 Å². The fourth-order valence-corrected chi connectivity index (χ4v) is 2.99. The van der Waals surface area contributed by atoms with E-state index in [9.17, 15) is 4.79 Å². The summed E-state index contributed by atoms with van der Waals surface area (Å²) in [6, 6.07) is 15.0. The van der Waals surface area contributed by atoms with E-state index in [1.165, 1.54) is 12.8 Å². The van der Waals surface area contributed by atoms with Crippen LogP contribution in [0.1, 0.15) is 41.6 Å². The standard InChI is InChI=1S/C20H23NO3/c1-23-14-15-5-4-6-16(13-15)20(22)21-17-9-11-19(12-10-17)24-18-7-2-3-8-18/h4-6,9-13,18H,2-3,7-8,14H2,1H3,(H,21,22). The number of anilines is 1. The molecule has 4 nitrogen and oxygen atoms in total. The van der Waals surface area contributed by atoms with Gasteiger partial charge in [0.15, 0.2) is 0 Å². The number of rotatable bonds is 6. The first kappa shape index (κ1) is 16.5. The molecule has 0 atom stereocenters. The number of hydrogen-bond donors (Lipinski definition) is 1. The molecular weight excluding hydrogens is 302 g/mol. The molecule has 1 fully saturated rings. The highest BCUT2D eigenvalue weighted by atomic mass is 16.5. The summed E-state index contributed by atoms with van der Waals surface area (Å²) in [7, 11) is 1.64. The van der Waals surface area contributed by atoms with Crippen LogP contribution in [0.25, 0.3) is 0 Å². The monoisotopic (exact) mass is 325 g/mol. The topological polar surface area (TPSA) is 47.6 Å². The van der Waals surface area contributed by atoms with Crippen LogP contribution >= 0.6 is 0 Å². The largest absolute Gasteiger partial charge is 0.490 e. The van der Waals surface area contributed by atoms with Crippen molar-refractivity contribution in [2.24, 2.45) is 0 Å². The third kappa shape index (κ3) is 4.36. The lowest BCUT2D eigenvalue weighted by molar-refractivity contribution is 0.102. The summed E-state index contributed by atoms with van der Waals surface area (Å²) in [6.45, 7) is 0.494. The average Bonchev–Trinajstić information content (AvgIpc) is 3.10. The van der Waals surface area contributed by atoms with Crippen LogP contribution in [0.15, 0.2) is 48.5 Å². The fourth-order valence-electron chi connectivity index (χ4n) is 2.99. The van der Waals surface area contributed by atoms with Crippen LogP contribution in [0.5, 0.6) is 5.75 Å². The summed E-state index contributed by atoms with van der Waals surface area (Å²) in [5.74, 6) is 0.736. The SMILES string of the molecule is COCc1cccc(C(=O)Nc2ccc(OC3CCCC3)cc2)c1. The molecule has 1 aliphatic rings. The zero-order valence-corrected chi connectivity index (χ0v) is 14.0. The van der Waals surface area contributed by atoms with Gasteiger partial charge in [0, 0.05) is 18.4 Å². The Bertz CT molecular complexity index is 676. The Hall–Kier alpha value is -2.33. The van der Waals surface area contributed by atoms with E-state index >= 15 is 0 Å². The predicted octanol–water partition coefficient (Wildman–Crippen LogP) is 4.41.